The highest BCUT2D eigenvalue weighted by molar-refractivity contribution is 4.67. The minimum Gasteiger partial charge on any atom is -0.251 e. The maximum Gasteiger partial charge on any atom is 0.0925 e. The molecule has 1 aliphatic rings. The standard InChI is InChI=1S/C12H23F/c1-11-8-6-4-2-3-5-7-9-12(11)10-13/h11-12H,2-10H2,1H3. The van der Waals surface area contributed by atoms with Gasteiger partial charge < -0.3 is 0 Å². The molecular formula is C12H23F. The summed E-state index contributed by atoms with van der Waals surface area (Å²) in [6.07, 6.45) is 10.4. The Kier molecular flexibility index (Phi) is 5.41. The van der Waals surface area contributed by atoms with E-state index >= 15 is 0 Å². The summed E-state index contributed by atoms with van der Waals surface area (Å²) >= 11 is 0. The summed E-state index contributed by atoms with van der Waals surface area (Å²) in [5, 5.41) is 0. The van der Waals surface area contributed by atoms with Crippen LogP contribution in [0.25, 0.3) is 0 Å². The smallest absolute Gasteiger partial charge is 0.0925 e. The van der Waals surface area contributed by atoms with E-state index in [1.165, 1.54) is 44.9 Å². The zero-order valence-corrected chi connectivity index (χ0v) is 8.90. The average Bonchev–Trinajstić information content (AvgIpc) is 2.16. The molecule has 0 N–H and O–H groups in total. The van der Waals surface area contributed by atoms with Gasteiger partial charge in [0.15, 0.2) is 0 Å². The molecule has 1 rings (SSSR count). The second kappa shape index (κ2) is 6.39. The van der Waals surface area contributed by atoms with Gasteiger partial charge in [0.2, 0.25) is 0 Å². The molecule has 0 aliphatic heterocycles. The van der Waals surface area contributed by atoms with Crippen molar-refractivity contribution in [2.75, 3.05) is 6.67 Å². The minimum absolute atomic E-state index is 0.0961. The topological polar surface area (TPSA) is 0 Å². The third-order valence-electron chi connectivity index (χ3n) is 3.49. The molecule has 0 bridgehead atoms. The van der Waals surface area contributed by atoms with Crippen LogP contribution in [0.4, 0.5) is 4.39 Å². The highest BCUT2D eigenvalue weighted by Gasteiger charge is 2.17. The Morgan fingerprint density at radius 3 is 2.08 bits per heavy atom. The number of halogens is 1. The van der Waals surface area contributed by atoms with Gasteiger partial charge >= 0.3 is 0 Å². The van der Waals surface area contributed by atoms with Crippen molar-refractivity contribution < 1.29 is 4.39 Å². The molecule has 0 saturated heterocycles. The van der Waals surface area contributed by atoms with Crippen molar-refractivity contribution in [3.05, 3.63) is 0 Å². The molecule has 1 aliphatic carbocycles. The van der Waals surface area contributed by atoms with Gasteiger partial charge in [0.25, 0.3) is 0 Å². The third-order valence-corrected chi connectivity index (χ3v) is 3.49. The van der Waals surface area contributed by atoms with Crippen LogP contribution in [0, 0.1) is 11.8 Å². The molecule has 1 saturated carbocycles. The van der Waals surface area contributed by atoms with Crippen LogP contribution < -0.4 is 0 Å². The Morgan fingerprint density at radius 1 is 0.923 bits per heavy atom. The molecule has 1 fully saturated rings. The Balaban J connectivity index is 2.32. The molecule has 0 amide bonds. The van der Waals surface area contributed by atoms with Gasteiger partial charge in [-0.3, -0.25) is 4.39 Å². The fourth-order valence-electron chi connectivity index (χ4n) is 2.33. The Bertz CT molecular complexity index is 122. The maximum atomic E-state index is 12.7. The van der Waals surface area contributed by atoms with Gasteiger partial charge in [-0.05, 0) is 18.3 Å². The third kappa shape index (κ3) is 4.10. The zero-order chi connectivity index (χ0) is 9.52. The van der Waals surface area contributed by atoms with E-state index < -0.39 is 0 Å². The SMILES string of the molecule is CC1CCCCCCCCC1CF. The van der Waals surface area contributed by atoms with Crippen LogP contribution in [-0.2, 0) is 0 Å². The first-order valence-corrected chi connectivity index (χ1v) is 5.90. The summed E-state index contributed by atoms with van der Waals surface area (Å²) in [7, 11) is 0. The molecule has 0 aromatic carbocycles. The summed E-state index contributed by atoms with van der Waals surface area (Å²) in [6, 6.07) is 0. The van der Waals surface area contributed by atoms with E-state index in [9.17, 15) is 4.39 Å². The minimum atomic E-state index is -0.0961. The van der Waals surface area contributed by atoms with Crippen LogP contribution in [0.2, 0.25) is 0 Å². The van der Waals surface area contributed by atoms with E-state index in [2.05, 4.69) is 6.92 Å². The number of rotatable bonds is 1. The van der Waals surface area contributed by atoms with Crippen LogP contribution in [-0.4, -0.2) is 6.67 Å². The van der Waals surface area contributed by atoms with Gasteiger partial charge in [0, 0.05) is 0 Å². The quantitative estimate of drug-likeness (QED) is 0.571. The summed E-state index contributed by atoms with van der Waals surface area (Å²) in [4.78, 5) is 0. The molecule has 0 spiro atoms. The first-order chi connectivity index (χ1) is 6.34. The molecule has 13 heavy (non-hydrogen) atoms. The lowest BCUT2D eigenvalue weighted by atomic mass is 9.85. The van der Waals surface area contributed by atoms with Crippen LogP contribution >= 0.6 is 0 Å². The maximum absolute atomic E-state index is 12.7. The van der Waals surface area contributed by atoms with Gasteiger partial charge in [-0.15, -0.1) is 0 Å². The highest BCUT2D eigenvalue weighted by Crippen LogP contribution is 2.26. The first-order valence-electron chi connectivity index (χ1n) is 5.90. The average molecular weight is 186 g/mol. The molecule has 78 valence electrons. The Morgan fingerprint density at radius 2 is 1.46 bits per heavy atom. The van der Waals surface area contributed by atoms with E-state index in [0.29, 0.717) is 11.8 Å². The Labute approximate surface area is 81.9 Å². The molecule has 0 radical (unpaired) electrons. The number of hydrogen-bond donors (Lipinski definition) is 0. The lowest BCUT2D eigenvalue weighted by Crippen LogP contribution is -2.14. The van der Waals surface area contributed by atoms with E-state index in [4.69, 9.17) is 0 Å². The van der Waals surface area contributed by atoms with Gasteiger partial charge in [0.05, 0.1) is 6.67 Å². The lowest BCUT2D eigenvalue weighted by Gasteiger charge is -2.22. The van der Waals surface area contributed by atoms with E-state index in [-0.39, 0.29) is 6.67 Å². The van der Waals surface area contributed by atoms with Gasteiger partial charge in [0.1, 0.15) is 0 Å². The summed E-state index contributed by atoms with van der Waals surface area (Å²) in [6.45, 7) is 2.13. The van der Waals surface area contributed by atoms with Crippen LogP contribution in [0.15, 0.2) is 0 Å². The second-order valence-electron chi connectivity index (χ2n) is 4.59. The van der Waals surface area contributed by atoms with Crippen LogP contribution in [0.5, 0.6) is 0 Å². The number of alkyl halides is 1. The van der Waals surface area contributed by atoms with Crippen LogP contribution in [0.1, 0.15) is 58.3 Å². The van der Waals surface area contributed by atoms with Crippen molar-refractivity contribution in [1.82, 2.24) is 0 Å². The van der Waals surface area contributed by atoms with Gasteiger partial charge in [-0.2, -0.15) is 0 Å². The predicted octanol–water partition coefficient (Wildman–Crippen LogP) is 4.34. The van der Waals surface area contributed by atoms with E-state index in [1.54, 1.807) is 0 Å². The van der Waals surface area contributed by atoms with E-state index in [0.717, 1.165) is 6.42 Å². The largest absolute Gasteiger partial charge is 0.251 e. The predicted molar refractivity (Wildman–Crippen MR) is 55.6 cm³/mol. The zero-order valence-electron chi connectivity index (χ0n) is 8.90. The summed E-state index contributed by atoms with van der Waals surface area (Å²) in [5.41, 5.74) is 0. The van der Waals surface area contributed by atoms with Crippen molar-refractivity contribution in [2.45, 2.75) is 58.3 Å². The highest BCUT2D eigenvalue weighted by atomic mass is 19.1. The van der Waals surface area contributed by atoms with Crippen molar-refractivity contribution in [3.63, 3.8) is 0 Å². The fraction of sp³-hybridized carbons (Fsp3) is 1.00. The Hall–Kier alpha value is -0.0700. The molecule has 0 aromatic heterocycles. The van der Waals surface area contributed by atoms with Gasteiger partial charge in [-0.1, -0.05) is 51.9 Å². The van der Waals surface area contributed by atoms with Crippen molar-refractivity contribution in [2.24, 2.45) is 11.8 Å². The summed E-state index contributed by atoms with van der Waals surface area (Å²) in [5.74, 6) is 0.973. The molecule has 0 aromatic rings. The molecule has 0 nitrogen and oxygen atoms in total. The lowest BCUT2D eigenvalue weighted by molar-refractivity contribution is 0.233. The normalized spacial score (nSPS) is 32.8. The second-order valence-corrected chi connectivity index (χ2v) is 4.59. The molecule has 0 heterocycles. The van der Waals surface area contributed by atoms with Crippen molar-refractivity contribution >= 4 is 0 Å². The van der Waals surface area contributed by atoms with Crippen molar-refractivity contribution in [3.8, 4) is 0 Å². The first kappa shape index (κ1) is 11.0. The van der Waals surface area contributed by atoms with E-state index in [1.807, 2.05) is 0 Å². The number of hydrogen-bond acceptors (Lipinski definition) is 0. The fourth-order valence-corrected chi connectivity index (χ4v) is 2.33. The van der Waals surface area contributed by atoms with Gasteiger partial charge in [-0.25, -0.2) is 0 Å². The molecule has 2 unspecified atom stereocenters. The van der Waals surface area contributed by atoms with Crippen molar-refractivity contribution in [1.29, 1.82) is 0 Å². The summed E-state index contributed by atoms with van der Waals surface area (Å²) < 4.78 is 12.7. The molecular weight excluding hydrogens is 163 g/mol. The monoisotopic (exact) mass is 186 g/mol. The molecule has 2 atom stereocenters. The van der Waals surface area contributed by atoms with Crippen LogP contribution in [0.3, 0.4) is 0 Å². The molecule has 1 heteroatoms.